The summed E-state index contributed by atoms with van der Waals surface area (Å²) >= 11 is 3.49. The summed E-state index contributed by atoms with van der Waals surface area (Å²) in [7, 11) is 0. The van der Waals surface area contributed by atoms with E-state index < -0.39 is 5.97 Å². The zero-order valence-electron chi connectivity index (χ0n) is 21.7. The number of amidine groups is 1. The first kappa shape index (κ1) is 27.2. The summed E-state index contributed by atoms with van der Waals surface area (Å²) in [5.74, 6) is -0.504. The minimum atomic E-state index is -0.936. The number of nitrogens with one attached hydrogen (secondary N) is 1. The fourth-order valence-electron chi connectivity index (χ4n) is 5.29. The highest BCUT2D eigenvalue weighted by Crippen LogP contribution is 2.42. The Hall–Kier alpha value is -2.87. The highest BCUT2D eigenvalue weighted by atomic mass is 79.9. The van der Waals surface area contributed by atoms with Crippen molar-refractivity contribution in [2.75, 3.05) is 13.2 Å². The molecule has 0 radical (unpaired) electrons. The first-order valence-corrected chi connectivity index (χ1v) is 13.8. The van der Waals surface area contributed by atoms with Crippen molar-refractivity contribution in [3.8, 4) is 0 Å². The Balaban J connectivity index is 1.54. The Labute approximate surface area is 227 Å². The highest BCUT2D eigenvalue weighted by molar-refractivity contribution is 9.10. The lowest BCUT2D eigenvalue weighted by Gasteiger charge is -2.41. The minimum absolute atomic E-state index is 0.00880. The highest BCUT2D eigenvalue weighted by Gasteiger charge is 2.40. The quantitative estimate of drug-likeness (QED) is 0.407. The van der Waals surface area contributed by atoms with Gasteiger partial charge in [0.15, 0.2) is 0 Å². The van der Waals surface area contributed by atoms with Crippen molar-refractivity contribution in [1.29, 1.82) is 0 Å². The van der Waals surface area contributed by atoms with Crippen molar-refractivity contribution in [2.45, 2.75) is 65.0 Å². The molecule has 2 aromatic rings. The van der Waals surface area contributed by atoms with Gasteiger partial charge in [0.25, 0.3) is 11.9 Å². The number of carboxylic acid groups (broad SMARTS) is 1. The van der Waals surface area contributed by atoms with Gasteiger partial charge in [-0.05, 0) is 79.0 Å². The van der Waals surface area contributed by atoms with Gasteiger partial charge in [0.1, 0.15) is 6.61 Å². The molecule has 2 aliphatic rings. The summed E-state index contributed by atoms with van der Waals surface area (Å²) in [6.45, 7) is 7.60. The van der Waals surface area contributed by atoms with Crippen LogP contribution in [-0.4, -0.2) is 47.1 Å². The predicted molar refractivity (Wildman–Crippen MR) is 148 cm³/mol. The molecule has 7 nitrogen and oxygen atoms in total. The first-order valence-electron chi connectivity index (χ1n) is 13.0. The van der Waals surface area contributed by atoms with Gasteiger partial charge in [-0.25, -0.2) is 0 Å². The molecular weight excluding hydrogens is 534 g/mol. The van der Waals surface area contributed by atoms with Gasteiger partial charge < -0.3 is 20.1 Å². The van der Waals surface area contributed by atoms with E-state index in [4.69, 9.17) is 14.8 Å². The Bertz CT molecular complexity index is 1120. The fourth-order valence-corrected chi connectivity index (χ4v) is 5.55. The van der Waals surface area contributed by atoms with Crippen LogP contribution in [0.3, 0.4) is 0 Å². The molecular formula is C29H36BrN3O4. The number of nitrogens with zero attached hydrogens (tertiary/aromatic N) is 2. The van der Waals surface area contributed by atoms with Gasteiger partial charge in [-0.1, -0.05) is 48.8 Å². The SMILES string of the molecule is CC(C)(C)C1CCC(N2/C(=N/c3ccc(Br)cc3)OCC2c2ccc(C(=O)NCCC(=O)O)cc2)CC1. The number of aliphatic carboxylic acids is 1. The lowest BCUT2D eigenvalue weighted by Crippen LogP contribution is -2.42. The van der Waals surface area contributed by atoms with Crippen molar-refractivity contribution >= 4 is 39.5 Å². The number of carbonyl (C=O) groups is 2. The molecule has 2 N–H and O–H groups in total. The van der Waals surface area contributed by atoms with Crippen LogP contribution in [0.2, 0.25) is 0 Å². The van der Waals surface area contributed by atoms with Gasteiger partial charge in [-0.3, -0.25) is 9.59 Å². The molecule has 1 unspecified atom stereocenters. The number of ether oxygens (including phenoxy) is 1. The van der Waals surface area contributed by atoms with Crippen LogP contribution < -0.4 is 5.32 Å². The normalized spacial score (nSPS) is 23.1. The van der Waals surface area contributed by atoms with Crippen LogP contribution >= 0.6 is 15.9 Å². The molecule has 4 rings (SSSR count). The summed E-state index contributed by atoms with van der Waals surface area (Å²) < 4.78 is 7.20. The second-order valence-corrected chi connectivity index (χ2v) is 11.9. The average molecular weight is 571 g/mol. The number of halogens is 1. The van der Waals surface area contributed by atoms with Crippen LogP contribution in [0.4, 0.5) is 5.69 Å². The first-order chi connectivity index (χ1) is 17.6. The van der Waals surface area contributed by atoms with Crippen LogP contribution in [0.15, 0.2) is 58.0 Å². The summed E-state index contributed by atoms with van der Waals surface area (Å²) in [5.41, 5.74) is 2.73. The largest absolute Gasteiger partial charge is 0.481 e. The van der Waals surface area contributed by atoms with Gasteiger partial charge in [0, 0.05) is 22.6 Å². The average Bonchev–Trinajstić information content (AvgIpc) is 3.28. The molecule has 0 aromatic heterocycles. The van der Waals surface area contributed by atoms with Crippen molar-refractivity contribution in [1.82, 2.24) is 10.2 Å². The molecule has 1 amide bonds. The minimum Gasteiger partial charge on any atom is -0.481 e. The number of hydrogen-bond acceptors (Lipinski definition) is 4. The molecule has 0 spiro atoms. The number of carboxylic acids is 1. The number of rotatable bonds is 7. The molecule has 37 heavy (non-hydrogen) atoms. The lowest BCUT2D eigenvalue weighted by molar-refractivity contribution is -0.136. The smallest absolute Gasteiger partial charge is 0.305 e. The summed E-state index contributed by atoms with van der Waals surface area (Å²) in [6.07, 6.45) is 4.43. The molecule has 8 heteroatoms. The zero-order valence-corrected chi connectivity index (χ0v) is 23.3. The fraction of sp³-hybridized carbons (Fsp3) is 0.483. The van der Waals surface area contributed by atoms with Gasteiger partial charge >= 0.3 is 5.97 Å². The van der Waals surface area contributed by atoms with E-state index in [0.29, 0.717) is 35.6 Å². The topological polar surface area (TPSA) is 91.2 Å². The number of amides is 1. The number of carbonyl (C=O) groups excluding carboxylic acids is 1. The lowest BCUT2D eigenvalue weighted by atomic mass is 9.71. The van der Waals surface area contributed by atoms with Crippen LogP contribution in [0.25, 0.3) is 0 Å². The van der Waals surface area contributed by atoms with Crippen molar-refractivity contribution in [2.24, 2.45) is 16.3 Å². The standard InChI is InChI=1S/C29H36BrN3O4/c1-29(2,3)21-8-14-24(15-9-21)33-25(18-37-28(33)32-23-12-10-22(30)11-13-23)19-4-6-20(7-5-19)27(36)31-17-16-26(34)35/h4-7,10-13,21,24-25H,8-9,14-18H2,1-3H3,(H,31,36)(H,34,35)/b32-28-. The zero-order chi connectivity index (χ0) is 26.6. The van der Waals surface area contributed by atoms with Crippen molar-refractivity contribution < 1.29 is 19.4 Å². The maximum atomic E-state index is 12.4. The van der Waals surface area contributed by atoms with E-state index >= 15 is 0 Å². The van der Waals surface area contributed by atoms with Gasteiger partial charge in [-0.2, -0.15) is 4.99 Å². The maximum Gasteiger partial charge on any atom is 0.305 e. The number of hydrogen-bond donors (Lipinski definition) is 2. The molecule has 2 fully saturated rings. The van der Waals surface area contributed by atoms with E-state index in [-0.39, 0.29) is 24.9 Å². The van der Waals surface area contributed by atoms with E-state index in [0.717, 1.165) is 28.6 Å². The molecule has 1 saturated heterocycles. The van der Waals surface area contributed by atoms with Crippen LogP contribution in [0, 0.1) is 11.3 Å². The van der Waals surface area contributed by atoms with E-state index in [1.165, 1.54) is 12.8 Å². The number of benzene rings is 2. The summed E-state index contributed by atoms with van der Waals surface area (Å²) in [6, 6.07) is 16.4. The molecule has 1 saturated carbocycles. The number of aliphatic imine (C=N–C) groups is 1. The Morgan fingerprint density at radius 1 is 1.05 bits per heavy atom. The monoisotopic (exact) mass is 569 g/mol. The third-order valence-electron chi connectivity index (χ3n) is 7.48. The third-order valence-corrected chi connectivity index (χ3v) is 8.00. The van der Waals surface area contributed by atoms with E-state index in [2.05, 4.69) is 46.9 Å². The van der Waals surface area contributed by atoms with Crippen molar-refractivity contribution in [3.05, 3.63) is 64.1 Å². The summed E-state index contributed by atoms with van der Waals surface area (Å²) in [4.78, 5) is 30.3. The van der Waals surface area contributed by atoms with Crippen LogP contribution in [-0.2, 0) is 9.53 Å². The molecule has 1 aliphatic carbocycles. The van der Waals surface area contributed by atoms with E-state index in [1.54, 1.807) is 12.1 Å². The predicted octanol–water partition coefficient (Wildman–Crippen LogP) is 6.32. The Morgan fingerprint density at radius 3 is 2.30 bits per heavy atom. The Kier molecular flexibility index (Phi) is 8.57. The van der Waals surface area contributed by atoms with Gasteiger partial charge in [0.2, 0.25) is 0 Å². The molecule has 198 valence electrons. The Morgan fingerprint density at radius 2 is 1.70 bits per heavy atom. The molecule has 1 heterocycles. The van der Waals surface area contributed by atoms with E-state index in [1.807, 2.05) is 36.4 Å². The van der Waals surface area contributed by atoms with E-state index in [9.17, 15) is 9.59 Å². The van der Waals surface area contributed by atoms with Crippen LogP contribution in [0.1, 0.15) is 74.8 Å². The molecule has 1 atom stereocenters. The van der Waals surface area contributed by atoms with Crippen molar-refractivity contribution in [3.63, 3.8) is 0 Å². The third kappa shape index (κ3) is 6.92. The molecule has 0 bridgehead atoms. The molecule has 2 aromatic carbocycles. The molecule has 1 aliphatic heterocycles. The maximum absolute atomic E-state index is 12.4. The van der Waals surface area contributed by atoms with Gasteiger partial charge in [-0.15, -0.1) is 0 Å². The second kappa shape index (κ2) is 11.7. The second-order valence-electron chi connectivity index (χ2n) is 11.0. The van der Waals surface area contributed by atoms with Gasteiger partial charge in [0.05, 0.1) is 18.2 Å². The summed E-state index contributed by atoms with van der Waals surface area (Å²) in [5, 5.41) is 11.4. The van der Waals surface area contributed by atoms with Crippen LogP contribution in [0.5, 0.6) is 0 Å².